The number of amides is 1. The molecule has 0 saturated heterocycles. The fourth-order valence-electron chi connectivity index (χ4n) is 2.83. The SMILES string of the molecule is CC(C)C(O)C1(CNS(=O)(=O)c2ccc(C(=O)NCC(F)(F)F)cc2)CC1. The van der Waals surface area contributed by atoms with E-state index in [1.807, 2.05) is 13.8 Å². The molecule has 1 aromatic rings. The van der Waals surface area contributed by atoms with E-state index in [0.29, 0.717) is 0 Å². The van der Waals surface area contributed by atoms with Crippen LogP contribution >= 0.6 is 0 Å². The van der Waals surface area contributed by atoms with Crippen molar-refractivity contribution in [3.05, 3.63) is 29.8 Å². The summed E-state index contributed by atoms with van der Waals surface area (Å²) in [5.41, 5.74) is -0.536. The molecule has 3 N–H and O–H groups in total. The number of hydrogen-bond acceptors (Lipinski definition) is 4. The van der Waals surface area contributed by atoms with Crippen molar-refractivity contribution in [2.24, 2.45) is 11.3 Å². The Balaban J connectivity index is 2.00. The Kier molecular flexibility index (Phi) is 6.23. The predicted octanol–water partition coefficient (Wildman–Crippen LogP) is 2.05. The maximum Gasteiger partial charge on any atom is 0.405 e. The highest BCUT2D eigenvalue weighted by Gasteiger charge is 2.50. The Morgan fingerprint density at radius 1 is 1.22 bits per heavy atom. The standard InChI is InChI=1S/C17H23F3N2O4S/c1-11(2)14(23)16(7-8-16)9-22-27(25,26)13-5-3-12(4-6-13)15(24)21-10-17(18,19)20/h3-6,11,14,22-23H,7-10H2,1-2H3,(H,21,24). The van der Waals surface area contributed by atoms with Gasteiger partial charge in [0.1, 0.15) is 6.54 Å². The first kappa shape index (κ1) is 21.6. The van der Waals surface area contributed by atoms with E-state index in [9.17, 15) is 31.5 Å². The van der Waals surface area contributed by atoms with Gasteiger partial charge in [0.25, 0.3) is 5.91 Å². The van der Waals surface area contributed by atoms with Gasteiger partial charge in [0, 0.05) is 17.5 Å². The van der Waals surface area contributed by atoms with E-state index in [0.717, 1.165) is 37.1 Å². The van der Waals surface area contributed by atoms with Crippen LogP contribution in [0, 0.1) is 11.3 Å². The minimum Gasteiger partial charge on any atom is -0.392 e. The van der Waals surface area contributed by atoms with Crippen LogP contribution in [-0.4, -0.2) is 44.8 Å². The molecular formula is C17H23F3N2O4S. The van der Waals surface area contributed by atoms with E-state index in [1.54, 1.807) is 5.32 Å². The molecule has 0 bridgehead atoms. The number of sulfonamides is 1. The first-order valence-electron chi connectivity index (χ1n) is 8.49. The van der Waals surface area contributed by atoms with E-state index in [1.165, 1.54) is 0 Å². The number of nitrogens with one attached hydrogen (secondary N) is 2. The largest absolute Gasteiger partial charge is 0.405 e. The summed E-state index contributed by atoms with van der Waals surface area (Å²) in [6.07, 6.45) is -3.68. The second-order valence-electron chi connectivity index (χ2n) is 7.20. The van der Waals surface area contributed by atoms with Gasteiger partial charge in [-0.25, -0.2) is 13.1 Å². The third-order valence-electron chi connectivity index (χ3n) is 4.64. The van der Waals surface area contributed by atoms with E-state index >= 15 is 0 Å². The Labute approximate surface area is 156 Å². The van der Waals surface area contributed by atoms with Gasteiger partial charge in [-0.2, -0.15) is 13.2 Å². The van der Waals surface area contributed by atoms with Gasteiger partial charge in [-0.1, -0.05) is 13.8 Å². The molecule has 152 valence electrons. The second-order valence-corrected chi connectivity index (χ2v) is 8.96. The van der Waals surface area contributed by atoms with Crippen LogP contribution in [0.25, 0.3) is 0 Å². The molecular weight excluding hydrogens is 385 g/mol. The molecule has 1 aromatic carbocycles. The molecule has 0 aromatic heterocycles. The molecule has 10 heteroatoms. The molecule has 1 saturated carbocycles. The lowest BCUT2D eigenvalue weighted by Crippen LogP contribution is -2.38. The van der Waals surface area contributed by atoms with Crippen LogP contribution in [-0.2, 0) is 10.0 Å². The average molecular weight is 408 g/mol. The van der Waals surface area contributed by atoms with Gasteiger partial charge < -0.3 is 10.4 Å². The Hall–Kier alpha value is -1.65. The molecule has 0 radical (unpaired) electrons. The van der Waals surface area contributed by atoms with Crippen LogP contribution in [0.3, 0.4) is 0 Å². The Bertz CT molecular complexity index is 772. The van der Waals surface area contributed by atoms with Gasteiger partial charge in [0.2, 0.25) is 10.0 Å². The van der Waals surface area contributed by atoms with Crippen LogP contribution < -0.4 is 10.0 Å². The van der Waals surface area contributed by atoms with Gasteiger partial charge in [-0.3, -0.25) is 4.79 Å². The zero-order valence-electron chi connectivity index (χ0n) is 15.0. The van der Waals surface area contributed by atoms with Crippen molar-refractivity contribution >= 4 is 15.9 Å². The number of alkyl halides is 3. The monoisotopic (exact) mass is 408 g/mol. The normalized spacial score (nSPS) is 17.6. The molecule has 1 unspecified atom stereocenters. The summed E-state index contributed by atoms with van der Waals surface area (Å²) < 4.78 is 63.6. The second kappa shape index (κ2) is 7.76. The summed E-state index contributed by atoms with van der Waals surface area (Å²) in [5, 5.41) is 11.9. The molecule has 1 atom stereocenters. The summed E-state index contributed by atoms with van der Waals surface area (Å²) in [6, 6.07) is 4.61. The van der Waals surface area contributed by atoms with Crippen molar-refractivity contribution in [3.63, 3.8) is 0 Å². The molecule has 6 nitrogen and oxygen atoms in total. The number of halogens is 3. The lowest BCUT2D eigenvalue weighted by Gasteiger charge is -2.25. The van der Waals surface area contributed by atoms with E-state index < -0.39 is 40.2 Å². The van der Waals surface area contributed by atoms with Crippen LogP contribution in [0.2, 0.25) is 0 Å². The zero-order chi connectivity index (χ0) is 20.5. The number of carbonyl (C=O) groups is 1. The third kappa shape index (κ3) is 5.66. The summed E-state index contributed by atoms with van der Waals surface area (Å²) in [6.45, 7) is 2.36. The smallest absolute Gasteiger partial charge is 0.392 e. The van der Waals surface area contributed by atoms with E-state index in [4.69, 9.17) is 0 Å². The Morgan fingerprint density at radius 2 is 1.78 bits per heavy atom. The summed E-state index contributed by atoms with van der Waals surface area (Å²) in [4.78, 5) is 11.5. The Morgan fingerprint density at radius 3 is 2.22 bits per heavy atom. The minimum atomic E-state index is -4.53. The third-order valence-corrected chi connectivity index (χ3v) is 6.06. The number of aliphatic hydroxyl groups excluding tert-OH is 1. The highest BCUT2D eigenvalue weighted by Crippen LogP contribution is 2.50. The summed E-state index contributed by atoms with van der Waals surface area (Å²) >= 11 is 0. The molecule has 0 aliphatic heterocycles. The van der Waals surface area contributed by atoms with Crippen LogP contribution in [0.1, 0.15) is 37.0 Å². The minimum absolute atomic E-state index is 0.00602. The van der Waals surface area contributed by atoms with Crippen molar-refractivity contribution < 1.29 is 31.5 Å². The topological polar surface area (TPSA) is 95.5 Å². The lowest BCUT2D eigenvalue weighted by molar-refractivity contribution is -0.123. The van der Waals surface area contributed by atoms with E-state index in [-0.39, 0.29) is 22.9 Å². The molecule has 1 aliphatic rings. The highest BCUT2D eigenvalue weighted by atomic mass is 32.2. The summed E-state index contributed by atoms with van der Waals surface area (Å²) in [5.74, 6) is -0.937. The van der Waals surface area contributed by atoms with Crippen molar-refractivity contribution in [1.29, 1.82) is 0 Å². The van der Waals surface area contributed by atoms with Crippen LogP contribution in [0.5, 0.6) is 0 Å². The van der Waals surface area contributed by atoms with Crippen molar-refractivity contribution in [2.75, 3.05) is 13.1 Å². The zero-order valence-corrected chi connectivity index (χ0v) is 15.8. The first-order chi connectivity index (χ1) is 12.4. The maximum absolute atomic E-state index is 12.4. The molecule has 27 heavy (non-hydrogen) atoms. The fourth-order valence-corrected chi connectivity index (χ4v) is 3.97. The number of carbonyl (C=O) groups excluding carboxylic acids is 1. The number of benzene rings is 1. The number of rotatable bonds is 8. The summed E-state index contributed by atoms with van der Waals surface area (Å²) in [7, 11) is -3.86. The van der Waals surface area contributed by atoms with Gasteiger partial charge in [0.15, 0.2) is 0 Å². The van der Waals surface area contributed by atoms with Crippen molar-refractivity contribution in [1.82, 2.24) is 10.0 Å². The average Bonchev–Trinajstić information content (AvgIpc) is 3.38. The van der Waals surface area contributed by atoms with Gasteiger partial charge >= 0.3 is 6.18 Å². The fraction of sp³-hybridized carbons (Fsp3) is 0.588. The first-order valence-corrected chi connectivity index (χ1v) is 9.97. The molecule has 2 rings (SSSR count). The lowest BCUT2D eigenvalue weighted by atomic mass is 9.91. The van der Waals surface area contributed by atoms with Crippen molar-refractivity contribution in [3.8, 4) is 0 Å². The molecule has 0 heterocycles. The molecule has 1 aliphatic carbocycles. The molecule has 0 spiro atoms. The van der Waals surface area contributed by atoms with Gasteiger partial charge in [0.05, 0.1) is 11.0 Å². The highest BCUT2D eigenvalue weighted by molar-refractivity contribution is 7.89. The van der Waals surface area contributed by atoms with Crippen molar-refractivity contribution in [2.45, 2.75) is 43.9 Å². The number of hydrogen-bond donors (Lipinski definition) is 3. The maximum atomic E-state index is 12.4. The quantitative estimate of drug-likeness (QED) is 0.614. The van der Waals surface area contributed by atoms with Gasteiger partial charge in [-0.15, -0.1) is 0 Å². The van der Waals surface area contributed by atoms with Crippen LogP contribution in [0.4, 0.5) is 13.2 Å². The molecule has 1 fully saturated rings. The molecule has 1 amide bonds. The predicted molar refractivity (Wildman–Crippen MR) is 92.5 cm³/mol. The van der Waals surface area contributed by atoms with Crippen LogP contribution in [0.15, 0.2) is 29.2 Å². The van der Waals surface area contributed by atoms with E-state index in [2.05, 4.69) is 4.72 Å². The van der Waals surface area contributed by atoms with Gasteiger partial charge in [-0.05, 0) is 43.0 Å². The number of aliphatic hydroxyl groups is 1.